The van der Waals surface area contributed by atoms with Crippen LogP contribution in [0.25, 0.3) is 0 Å². The summed E-state index contributed by atoms with van der Waals surface area (Å²) in [5, 5.41) is 0. The maximum absolute atomic E-state index is 2.37. The van der Waals surface area contributed by atoms with Crippen molar-refractivity contribution in [2.75, 3.05) is 0 Å². The van der Waals surface area contributed by atoms with E-state index >= 15 is 0 Å². The Morgan fingerprint density at radius 2 is 0.875 bits per heavy atom. The van der Waals surface area contributed by atoms with Crippen LogP contribution in [-0.2, 0) is 0 Å². The summed E-state index contributed by atoms with van der Waals surface area (Å²) in [6.45, 7) is 4.74. The van der Waals surface area contributed by atoms with E-state index in [0.29, 0.717) is 0 Å². The van der Waals surface area contributed by atoms with Gasteiger partial charge in [0, 0.05) is 0 Å². The van der Waals surface area contributed by atoms with Gasteiger partial charge in [0.25, 0.3) is 0 Å². The molecule has 0 N–H and O–H groups in total. The van der Waals surface area contributed by atoms with Gasteiger partial charge in [-0.15, -0.1) is 0 Å². The van der Waals surface area contributed by atoms with Gasteiger partial charge >= 0.3 is 0 Å². The lowest BCUT2D eigenvalue weighted by atomic mass is 9.68. The van der Waals surface area contributed by atoms with E-state index in [2.05, 4.69) is 13.8 Å². The van der Waals surface area contributed by atoms with Crippen molar-refractivity contribution in [3.05, 3.63) is 0 Å². The second-order valence-electron chi connectivity index (χ2n) is 6.38. The van der Waals surface area contributed by atoms with Gasteiger partial charge in [-0.25, -0.2) is 0 Å². The predicted molar refractivity (Wildman–Crippen MR) is 71.5 cm³/mol. The van der Waals surface area contributed by atoms with Crippen LogP contribution in [0.5, 0.6) is 0 Å². The quantitative estimate of drug-likeness (QED) is 0.598. The fourth-order valence-electron chi connectivity index (χ4n) is 4.14. The highest BCUT2D eigenvalue weighted by Gasteiger charge is 2.29. The minimum Gasteiger partial charge on any atom is -0.0651 e. The van der Waals surface area contributed by atoms with E-state index < -0.39 is 0 Å². The molecule has 2 rings (SSSR count). The van der Waals surface area contributed by atoms with Gasteiger partial charge in [-0.3, -0.25) is 0 Å². The summed E-state index contributed by atoms with van der Waals surface area (Å²) in [6.07, 6.45) is 15.2. The first-order chi connectivity index (χ1) is 7.83. The van der Waals surface area contributed by atoms with E-state index in [1.807, 2.05) is 0 Å². The second kappa shape index (κ2) is 6.07. The third-order valence-electron chi connectivity index (χ3n) is 5.60. The SMILES string of the molecule is CCC1CCC([C@H]2CC[C@H](CC)CC2)CC1. The molecule has 2 fully saturated rings. The molecule has 0 aromatic carbocycles. The van der Waals surface area contributed by atoms with Crippen LogP contribution in [-0.4, -0.2) is 0 Å². The Bertz CT molecular complexity index is 158. The Morgan fingerprint density at radius 1 is 0.562 bits per heavy atom. The maximum Gasteiger partial charge on any atom is -0.0386 e. The molecule has 0 radical (unpaired) electrons. The Kier molecular flexibility index (Phi) is 4.73. The van der Waals surface area contributed by atoms with Crippen molar-refractivity contribution in [3.8, 4) is 0 Å². The molecule has 0 unspecified atom stereocenters. The van der Waals surface area contributed by atoms with Crippen LogP contribution in [0.3, 0.4) is 0 Å². The van der Waals surface area contributed by atoms with Crippen molar-refractivity contribution in [2.24, 2.45) is 23.7 Å². The summed E-state index contributed by atoms with van der Waals surface area (Å²) < 4.78 is 0. The Labute approximate surface area is 102 Å². The average molecular weight is 222 g/mol. The summed E-state index contributed by atoms with van der Waals surface area (Å²) in [5.41, 5.74) is 0. The standard InChI is InChI=1S/C16H30/c1-3-13-5-9-15(10-6-13)16-11-7-14(4-2)8-12-16/h13-16H,3-12H2,1-2H3/t13-,14?,15-,16?. The van der Waals surface area contributed by atoms with Crippen LogP contribution < -0.4 is 0 Å². The van der Waals surface area contributed by atoms with E-state index in [1.54, 1.807) is 25.7 Å². The van der Waals surface area contributed by atoms with Crippen molar-refractivity contribution in [1.29, 1.82) is 0 Å². The zero-order chi connectivity index (χ0) is 11.4. The molecule has 0 aromatic heterocycles. The molecule has 0 spiro atoms. The van der Waals surface area contributed by atoms with E-state index in [4.69, 9.17) is 0 Å². The molecular weight excluding hydrogens is 192 g/mol. The first-order valence-electron chi connectivity index (χ1n) is 7.83. The smallest absolute Gasteiger partial charge is 0.0386 e. The summed E-state index contributed by atoms with van der Waals surface area (Å²) in [5.74, 6) is 4.37. The van der Waals surface area contributed by atoms with Gasteiger partial charge in [0.05, 0.1) is 0 Å². The van der Waals surface area contributed by atoms with Gasteiger partial charge < -0.3 is 0 Å². The van der Waals surface area contributed by atoms with Crippen molar-refractivity contribution >= 4 is 0 Å². The monoisotopic (exact) mass is 222 g/mol. The Hall–Kier alpha value is 0. The molecule has 0 atom stereocenters. The molecule has 0 heteroatoms. The molecule has 16 heavy (non-hydrogen) atoms. The predicted octanol–water partition coefficient (Wildman–Crippen LogP) is 5.42. The lowest BCUT2D eigenvalue weighted by molar-refractivity contribution is 0.144. The maximum atomic E-state index is 2.37. The van der Waals surface area contributed by atoms with Crippen LogP contribution in [0.1, 0.15) is 78.1 Å². The molecule has 0 amide bonds. The fourth-order valence-corrected chi connectivity index (χ4v) is 4.14. The third kappa shape index (κ3) is 3.02. The Balaban J connectivity index is 1.73. The van der Waals surface area contributed by atoms with Crippen LogP contribution in [0.2, 0.25) is 0 Å². The minimum atomic E-state index is 1.07. The first-order valence-corrected chi connectivity index (χ1v) is 7.83. The number of hydrogen-bond donors (Lipinski definition) is 0. The molecule has 2 saturated carbocycles. The molecule has 0 bridgehead atoms. The van der Waals surface area contributed by atoms with Gasteiger partial charge in [0.15, 0.2) is 0 Å². The van der Waals surface area contributed by atoms with Crippen LogP contribution >= 0.6 is 0 Å². The highest BCUT2D eigenvalue weighted by molar-refractivity contribution is 4.81. The van der Waals surface area contributed by atoms with Crippen molar-refractivity contribution in [2.45, 2.75) is 78.1 Å². The summed E-state index contributed by atoms with van der Waals surface area (Å²) in [7, 11) is 0. The van der Waals surface area contributed by atoms with E-state index in [1.165, 1.54) is 38.5 Å². The molecule has 0 aliphatic heterocycles. The molecule has 0 heterocycles. The van der Waals surface area contributed by atoms with Crippen LogP contribution in [0.15, 0.2) is 0 Å². The first kappa shape index (κ1) is 12.5. The van der Waals surface area contributed by atoms with Gasteiger partial charge in [-0.1, -0.05) is 52.4 Å². The molecule has 0 saturated heterocycles. The Morgan fingerprint density at radius 3 is 1.12 bits per heavy atom. The van der Waals surface area contributed by atoms with Crippen LogP contribution in [0.4, 0.5) is 0 Å². The zero-order valence-electron chi connectivity index (χ0n) is 11.4. The van der Waals surface area contributed by atoms with Crippen LogP contribution in [0, 0.1) is 23.7 Å². The highest BCUT2D eigenvalue weighted by Crippen LogP contribution is 2.42. The van der Waals surface area contributed by atoms with Crippen molar-refractivity contribution < 1.29 is 0 Å². The van der Waals surface area contributed by atoms with Crippen molar-refractivity contribution in [1.82, 2.24) is 0 Å². The summed E-state index contributed by atoms with van der Waals surface area (Å²) >= 11 is 0. The number of rotatable bonds is 3. The van der Waals surface area contributed by atoms with Gasteiger partial charge in [-0.05, 0) is 49.4 Å². The number of hydrogen-bond acceptors (Lipinski definition) is 0. The molecule has 0 nitrogen and oxygen atoms in total. The largest absolute Gasteiger partial charge is 0.0651 e. The minimum absolute atomic E-state index is 1.07. The third-order valence-corrected chi connectivity index (χ3v) is 5.60. The van der Waals surface area contributed by atoms with Gasteiger partial charge in [0.2, 0.25) is 0 Å². The molecule has 94 valence electrons. The average Bonchev–Trinajstić information content (AvgIpc) is 2.39. The molecule has 0 aromatic rings. The fraction of sp³-hybridized carbons (Fsp3) is 1.00. The second-order valence-corrected chi connectivity index (χ2v) is 6.38. The van der Waals surface area contributed by atoms with Crippen molar-refractivity contribution in [3.63, 3.8) is 0 Å². The van der Waals surface area contributed by atoms with E-state index in [0.717, 1.165) is 23.7 Å². The van der Waals surface area contributed by atoms with Gasteiger partial charge in [0.1, 0.15) is 0 Å². The van der Waals surface area contributed by atoms with Gasteiger partial charge in [-0.2, -0.15) is 0 Å². The molecule has 2 aliphatic rings. The topological polar surface area (TPSA) is 0 Å². The molecule has 2 aliphatic carbocycles. The van der Waals surface area contributed by atoms with E-state index in [-0.39, 0.29) is 0 Å². The normalized spacial score (nSPS) is 40.9. The zero-order valence-corrected chi connectivity index (χ0v) is 11.4. The highest BCUT2D eigenvalue weighted by atomic mass is 14.3. The lowest BCUT2D eigenvalue weighted by Crippen LogP contribution is -2.25. The summed E-state index contributed by atoms with van der Waals surface area (Å²) in [6, 6.07) is 0. The lowest BCUT2D eigenvalue weighted by Gasteiger charge is -2.37. The molecular formula is C16H30. The van der Waals surface area contributed by atoms with E-state index in [9.17, 15) is 0 Å². The summed E-state index contributed by atoms with van der Waals surface area (Å²) in [4.78, 5) is 0.